The number of carbonyl (C=O) groups is 1. The molecule has 0 bridgehead atoms. The lowest BCUT2D eigenvalue weighted by molar-refractivity contribution is 0.0980. The largest absolute Gasteiger partial charge is 0.292 e. The van der Waals surface area contributed by atoms with Crippen LogP contribution in [-0.2, 0) is 13.5 Å². The molecule has 0 aromatic carbocycles. The molecule has 2 aromatic heterocycles. The first-order chi connectivity index (χ1) is 8.49. The minimum Gasteiger partial charge on any atom is -0.292 e. The number of nitrogens with zero attached hydrogens (tertiary/aromatic N) is 5. The molecule has 0 aliphatic rings. The molecule has 0 fully saturated rings. The van der Waals surface area contributed by atoms with Crippen LogP contribution in [0.15, 0.2) is 12.4 Å². The first kappa shape index (κ1) is 12.5. The molecule has 18 heavy (non-hydrogen) atoms. The highest BCUT2D eigenvalue weighted by Gasteiger charge is 2.16. The molecule has 6 nitrogen and oxygen atoms in total. The van der Waals surface area contributed by atoms with Crippen molar-refractivity contribution in [3.05, 3.63) is 29.6 Å². The highest BCUT2D eigenvalue weighted by molar-refractivity contribution is 5.95. The molecule has 6 heteroatoms. The zero-order valence-corrected chi connectivity index (χ0v) is 11.1. The molecule has 0 atom stereocenters. The van der Waals surface area contributed by atoms with Gasteiger partial charge in [0.15, 0.2) is 5.78 Å². The Morgan fingerprint density at radius 3 is 2.72 bits per heavy atom. The summed E-state index contributed by atoms with van der Waals surface area (Å²) in [5, 5.41) is 8.29. The number of hydrogen-bond acceptors (Lipinski definition) is 4. The number of rotatable bonds is 4. The van der Waals surface area contributed by atoms with Gasteiger partial charge in [-0.1, -0.05) is 0 Å². The molecule has 2 aromatic rings. The van der Waals surface area contributed by atoms with Crippen molar-refractivity contribution < 1.29 is 4.79 Å². The second-order valence-electron chi connectivity index (χ2n) is 4.61. The van der Waals surface area contributed by atoms with Gasteiger partial charge in [0.2, 0.25) is 0 Å². The first-order valence-electron chi connectivity index (χ1n) is 5.91. The van der Waals surface area contributed by atoms with E-state index in [-0.39, 0.29) is 18.2 Å². The summed E-state index contributed by atoms with van der Waals surface area (Å²) >= 11 is 0. The van der Waals surface area contributed by atoms with Gasteiger partial charge in [0.25, 0.3) is 0 Å². The summed E-state index contributed by atoms with van der Waals surface area (Å²) in [6.45, 7) is 5.89. The topological polar surface area (TPSA) is 65.6 Å². The van der Waals surface area contributed by atoms with E-state index < -0.39 is 0 Å². The SMILES string of the molecule is Cc1cc(C(=O)Cc2ncnn2C(C)C)n(C)n1. The van der Waals surface area contributed by atoms with E-state index in [9.17, 15) is 4.79 Å². The number of hydrogen-bond donors (Lipinski definition) is 0. The number of carbonyl (C=O) groups excluding carboxylic acids is 1. The van der Waals surface area contributed by atoms with E-state index in [2.05, 4.69) is 15.2 Å². The highest BCUT2D eigenvalue weighted by Crippen LogP contribution is 2.10. The zero-order chi connectivity index (χ0) is 13.3. The van der Waals surface area contributed by atoms with Gasteiger partial charge in [0, 0.05) is 13.1 Å². The Bertz CT molecular complexity index is 567. The normalized spacial score (nSPS) is 11.2. The third-order valence-corrected chi connectivity index (χ3v) is 2.74. The average Bonchev–Trinajstić information content (AvgIpc) is 2.85. The van der Waals surface area contributed by atoms with Gasteiger partial charge in [-0.25, -0.2) is 9.67 Å². The lowest BCUT2D eigenvalue weighted by atomic mass is 10.2. The minimum absolute atomic E-state index is 0.00741. The maximum atomic E-state index is 12.2. The molecule has 96 valence electrons. The summed E-state index contributed by atoms with van der Waals surface area (Å²) in [7, 11) is 1.77. The molecule has 0 saturated heterocycles. The molecule has 0 aliphatic carbocycles. The van der Waals surface area contributed by atoms with E-state index in [1.54, 1.807) is 22.5 Å². The van der Waals surface area contributed by atoms with Crippen molar-refractivity contribution >= 4 is 5.78 Å². The molecule has 0 N–H and O–H groups in total. The van der Waals surface area contributed by atoms with Crippen LogP contribution >= 0.6 is 0 Å². The predicted octanol–water partition coefficient (Wildman–Crippen LogP) is 1.33. The maximum absolute atomic E-state index is 12.2. The van der Waals surface area contributed by atoms with Crippen molar-refractivity contribution in [3.63, 3.8) is 0 Å². The van der Waals surface area contributed by atoms with E-state index in [4.69, 9.17) is 0 Å². The van der Waals surface area contributed by atoms with E-state index in [0.717, 1.165) is 5.69 Å². The summed E-state index contributed by atoms with van der Waals surface area (Å²) in [5.74, 6) is 0.696. The van der Waals surface area contributed by atoms with Gasteiger partial charge in [-0.2, -0.15) is 10.2 Å². The van der Waals surface area contributed by atoms with Crippen LogP contribution in [0.5, 0.6) is 0 Å². The Morgan fingerprint density at radius 2 is 2.17 bits per heavy atom. The summed E-state index contributed by atoms with van der Waals surface area (Å²) in [6, 6.07) is 1.99. The van der Waals surface area contributed by atoms with Crippen LogP contribution in [0.3, 0.4) is 0 Å². The molecule has 0 radical (unpaired) electrons. The molecule has 2 heterocycles. The second-order valence-corrected chi connectivity index (χ2v) is 4.61. The standard InChI is InChI=1S/C12H17N5O/c1-8(2)17-12(13-7-14-17)6-11(18)10-5-9(3)15-16(10)4/h5,7-8H,6H2,1-4H3. The molecular formula is C12H17N5O. The third kappa shape index (κ3) is 2.32. The zero-order valence-electron chi connectivity index (χ0n) is 11.1. The van der Waals surface area contributed by atoms with Gasteiger partial charge in [0.05, 0.1) is 12.1 Å². The van der Waals surface area contributed by atoms with Gasteiger partial charge in [-0.05, 0) is 26.8 Å². The van der Waals surface area contributed by atoms with Gasteiger partial charge < -0.3 is 0 Å². The van der Waals surface area contributed by atoms with Gasteiger partial charge in [-0.15, -0.1) is 0 Å². The van der Waals surface area contributed by atoms with Crippen LogP contribution < -0.4 is 0 Å². The smallest absolute Gasteiger partial charge is 0.188 e. The fourth-order valence-electron chi connectivity index (χ4n) is 1.94. The Hall–Kier alpha value is -1.98. The number of Topliss-reactive ketones (excluding diaryl/α,β-unsaturated/α-hetero) is 1. The predicted molar refractivity (Wildman–Crippen MR) is 66.4 cm³/mol. The fourth-order valence-corrected chi connectivity index (χ4v) is 1.94. The lowest BCUT2D eigenvalue weighted by Crippen LogP contribution is -2.15. The molecule has 0 amide bonds. The maximum Gasteiger partial charge on any atom is 0.188 e. The number of aryl methyl sites for hydroxylation is 2. The lowest BCUT2D eigenvalue weighted by Gasteiger charge is -2.08. The molecule has 0 spiro atoms. The van der Waals surface area contributed by atoms with Crippen molar-refractivity contribution in [2.75, 3.05) is 0 Å². The molecule has 2 rings (SSSR count). The molecule has 0 unspecified atom stereocenters. The van der Waals surface area contributed by atoms with Crippen LogP contribution in [-0.4, -0.2) is 30.3 Å². The van der Waals surface area contributed by atoms with Crippen LogP contribution in [0.4, 0.5) is 0 Å². The van der Waals surface area contributed by atoms with Crippen molar-refractivity contribution in [2.45, 2.75) is 33.2 Å². The minimum atomic E-state index is 0.00741. The van der Waals surface area contributed by atoms with E-state index in [0.29, 0.717) is 11.5 Å². The van der Waals surface area contributed by atoms with E-state index in [1.807, 2.05) is 20.8 Å². The van der Waals surface area contributed by atoms with E-state index >= 15 is 0 Å². The van der Waals surface area contributed by atoms with Crippen molar-refractivity contribution in [3.8, 4) is 0 Å². The van der Waals surface area contributed by atoms with Crippen molar-refractivity contribution in [1.29, 1.82) is 0 Å². The Morgan fingerprint density at radius 1 is 1.44 bits per heavy atom. The van der Waals surface area contributed by atoms with Crippen molar-refractivity contribution in [2.24, 2.45) is 7.05 Å². The molecular weight excluding hydrogens is 230 g/mol. The second kappa shape index (κ2) is 4.72. The summed E-state index contributed by atoms with van der Waals surface area (Å²) in [5.41, 5.74) is 1.44. The van der Waals surface area contributed by atoms with Gasteiger partial charge in [-0.3, -0.25) is 9.48 Å². The van der Waals surface area contributed by atoms with Gasteiger partial charge in [0.1, 0.15) is 17.8 Å². The Labute approximate surface area is 106 Å². The summed E-state index contributed by atoms with van der Waals surface area (Å²) in [4.78, 5) is 16.3. The summed E-state index contributed by atoms with van der Waals surface area (Å²) in [6.07, 6.45) is 1.73. The highest BCUT2D eigenvalue weighted by atomic mass is 16.1. The van der Waals surface area contributed by atoms with E-state index in [1.165, 1.54) is 6.33 Å². The molecule has 0 saturated carbocycles. The van der Waals surface area contributed by atoms with Gasteiger partial charge >= 0.3 is 0 Å². The van der Waals surface area contributed by atoms with Crippen LogP contribution in [0.25, 0.3) is 0 Å². The quantitative estimate of drug-likeness (QED) is 0.764. The summed E-state index contributed by atoms with van der Waals surface area (Å²) < 4.78 is 3.37. The first-order valence-corrected chi connectivity index (χ1v) is 5.91. The number of aromatic nitrogens is 5. The van der Waals surface area contributed by atoms with Crippen LogP contribution in [0.2, 0.25) is 0 Å². The number of ketones is 1. The van der Waals surface area contributed by atoms with Crippen LogP contribution in [0, 0.1) is 6.92 Å². The Balaban J connectivity index is 2.21. The molecule has 0 aliphatic heterocycles. The van der Waals surface area contributed by atoms with Crippen LogP contribution in [0.1, 0.15) is 41.9 Å². The Kier molecular flexibility index (Phi) is 3.27. The monoisotopic (exact) mass is 247 g/mol. The average molecular weight is 247 g/mol. The van der Waals surface area contributed by atoms with Crippen molar-refractivity contribution in [1.82, 2.24) is 24.5 Å². The third-order valence-electron chi connectivity index (χ3n) is 2.74. The fraction of sp³-hybridized carbons (Fsp3) is 0.500.